The highest BCUT2D eigenvalue weighted by molar-refractivity contribution is 5.95. The van der Waals surface area contributed by atoms with E-state index in [1.807, 2.05) is 26.0 Å². The number of carbonyl (C=O) groups is 2. The summed E-state index contributed by atoms with van der Waals surface area (Å²) in [5.41, 5.74) is 2.43. The quantitative estimate of drug-likeness (QED) is 0.786. The van der Waals surface area contributed by atoms with E-state index in [4.69, 9.17) is 5.11 Å². The Kier molecular flexibility index (Phi) is 2.95. The van der Waals surface area contributed by atoms with Gasteiger partial charge in [-0.1, -0.05) is 19.9 Å². The molecule has 0 bridgehead atoms. The lowest BCUT2D eigenvalue weighted by atomic mass is 9.77. The zero-order valence-corrected chi connectivity index (χ0v) is 10.4. The van der Waals surface area contributed by atoms with Crippen molar-refractivity contribution in [1.29, 1.82) is 0 Å². The summed E-state index contributed by atoms with van der Waals surface area (Å²) in [6.45, 7) is 4.02. The van der Waals surface area contributed by atoms with Crippen molar-refractivity contribution in [3.63, 3.8) is 0 Å². The second-order valence-electron chi connectivity index (χ2n) is 5.09. The molecule has 1 heterocycles. The predicted molar refractivity (Wildman–Crippen MR) is 69.4 cm³/mol. The molecule has 0 radical (unpaired) electrons. The minimum absolute atomic E-state index is 0.0151. The molecule has 0 saturated carbocycles. The molecule has 0 aliphatic carbocycles. The van der Waals surface area contributed by atoms with Crippen LogP contribution in [-0.4, -0.2) is 17.0 Å². The van der Waals surface area contributed by atoms with Crippen LogP contribution in [0.2, 0.25) is 0 Å². The van der Waals surface area contributed by atoms with E-state index < -0.39 is 5.97 Å². The second kappa shape index (κ2) is 4.29. The first-order chi connectivity index (χ1) is 8.38. The molecular formula is C14H15NO3. The minimum Gasteiger partial charge on any atom is -0.478 e. The molecule has 1 aromatic carbocycles. The zero-order chi connectivity index (χ0) is 13.3. The Balaban J connectivity index is 2.42. The number of amides is 1. The summed E-state index contributed by atoms with van der Waals surface area (Å²) in [6.07, 6.45) is 3.09. The molecule has 0 atom stereocenters. The van der Waals surface area contributed by atoms with Crippen LogP contribution in [-0.2, 0) is 15.0 Å². The molecule has 1 aliphatic rings. The third-order valence-electron chi connectivity index (χ3n) is 3.07. The summed E-state index contributed by atoms with van der Waals surface area (Å²) in [7, 11) is 0. The van der Waals surface area contributed by atoms with Gasteiger partial charge in [0.1, 0.15) is 0 Å². The van der Waals surface area contributed by atoms with Gasteiger partial charge in [-0.05, 0) is 29.3 Å². The first-order valence-electron chi connectivity index (χ1n) is 5.74. The van der Waals surface area contributed by atoms with Crippen LogP contribution in [0.25, 0.3) is 6.08 Å². The molecule has 1 amide bonds. The van der Waals surface area contributed by atoms with Gasteiger partial charge in [-0.15, -0.1) is 0 Å². The lowest BCUT2D eigenvalue weighted by molar-refractivity contribution is -0.131. The molecule has 4 nitrogen and oxygen atoms in total. The lowest BCUT2D eigenvalue weighted by Crippen LogP contribution is -2.32. The number of aliphatic carboxylic acids is 1. The predicted octanol–water partition coefficient (Wildman–Crippen LogP) is 2.40. The van der Waals surface area contributed by atoms with Crippen molar-refractivity contribution >= 4 is 23.6 Å². The zero-order valence-electron chi connectivity index (χ0n) is 10.4. The Labute approximate surface area is 105 Å². The second-order valence-corrected chi connectivity index (χ2v) is 5.09. The van der Waals surface area contributed by atoms with Crippen molar-refractivity contribution in [2.45, 2.75) is 25.7 Å². The number of nitrogens with one attached hydrogen (secondary N) is 1. The summed E-state index contributed by atoms with van der Waals surface area (Å²) < 4.78 is 0. The van der Waals surface area contributed by atoms with Gasteiger partial charge in [-0.2, -0.15) is 0 Å². The average Bonchev–Trinajstić information content (AvgIpc) is 2.25. The molecule has 2 N–H and O–H groups in total. The number of carboxylic acid groups (broad SMARTS) is 1. The highest BCUT2D eigenvalue weighted by atomic mass is 16.4. The van der Waals surface area contributed by atoms with Crippen molar-refractivity contribution in [3.8, 4) is 0 Å². The standard InChI is InChI=1S/C14H15NO3/c1-14(2)8-12(16)15-11-5-3-9(7-10(11)14)4-6-13(17)18/h3-7H,8H2,1-2H3,(H,15,16)(H,17,18)/b6-4-. The van der Waals surface area contributed by atoms with Crippen molar-refractivity contribution < 1.29 is 14.7 Å². The summed E-state index contributed by atoms with van der Waals surface area (Å²) in [5, 5.41) is 11.4. The van der Waals surface area contributed by atoms with E-state index in [1.165, 1.54) is 0 Å². The molecule has 0 saturated heterocycles. The van der Waals surface area contributed by atoms with E-state index in [1.54, 1.807) is 12.1 Å². The van der Waals surface area contributed by atoms with Gasteiger partial charge in [0.25, 0.3) is 0 Å². The Morgan fingerprint density at radius 2 is 2.17 bits per heavy atom. The van der Waals surface area contributed by atoms with Crippen molar-refractivity contribution in [3.05, 3.63) is 35.4 Å². The first kappa shape index (κ1) is 12.4. The summed E-state index contributed by atoms with van der Waals surface area (Å²) >= 11 is 0. The van der Waals surface area contributed by atoms with E-state index in [0.29, 0.717) is 6.42 Å². The molecule has 18 heavy (non-hydrogen) atoms. The number of carbonyl (C=O) groups excluding carboxylic acids is 1. The lowest BCUT2D eigenvalue weighted by Gasteiger charge is -2.32. The van der Waals surface area contributed by atoms with E-state index in [0.717, 1.165) is 22.9 Å². The minimum atomic E-state index is -0.972. The average molecular weight is 245 g/mol. The molecule has 4 heteroatoms. The normalized spacial score (nSPS) is 17.3. The first-order valence-corrected chi connectivity index (χ1v) is 5.74. The van der Waals surface area contributed by atoms with E-state index in [-0.39, 0.29) is 11.3 Å². The molecule has 0 unspecified atom stereocenters. The van der Waals surface area contributed by atoms with Crippen molar-refractivity contribution in [2.24, 2.45) is 0 Å². The van der Waals surface area contributed by atoms with Gasteiger partial charge in [0.05, 0.1) is 0 Å². The summed E-state index contributed by atoms with van der Waals surface area (Å²) in [4.78, 5) is 22.0. The van der Waals surface area contributed by atoms with Crippen LogP contribution in [0.3, 0.4) is 0 Å². The Morgan fingerprint density at radius 1 is 1.44 bits per heavy atom. The van der Waals surface area contributed by atoms with Crippen LogP contribution < -0.4 is 5.32 Å². The highest BCUT2D eigenvalue weighted by Gasteiger charge is 2.31. The van der Waals surface area contributed by atoms with Gasteiger partial charge in [0, 0.05) is 23.6 Å². The Bertz CT molecular complexity index is 544. The van der Waals surface area contributed by atoms with Crippen LogP contribution in [0.15, 0.2) is 24.3 Å². The maximum atomic E-state index is 11.5. The highest BCUT2D eigenvalue weighted by Crippen LogP contribution is 2.37. The van der Waals surface area contributed by atoms with Crippen LogP contribution in [0.4, 0.5) is 5.69 Å². The van der Waals surface area contributed by atoms with Gasteiger partial charge < -0.3 is 10.4 Å². The summed E-state index contributed by atoms with van der Waals surface area (Å²) in [5.74, 6) is -0.957. The molecule has 0 spiro atoms. The van der Waals surface area contributed by atoms with Gasteiger partial charge >= 0.3 is 5.97 Å². The van der Waals surface area contributed by atoms with Gasteiger partial charge in [0.15, 0.2) is 0 Å². The Hall–Kier alpha value is -2.10. The fourth-order valence-corrected chi connectivity index (χ4v) is 2.19. The number of hydrogen-bond donors (Lipinski definition) is 2. The van der Waals surface area contributed by atoms with Crippen molar-refractivity contribution in [2.75, 3.05) is 5.32 Å². The van der Waals surface area contributed by atoms with Gasteiger partial charge in [-0.3, -0.25) is 4.79 Å². The third-order valence-corrected chi connectivity index (χ3v) is 3.07. The summed E-state index contributed by atoms with van der Waals surface area (Å²) in [6, 6.07) is 5.53. The van der Waals surface area contributed by atoms with E-state index in [2.05, 4.69) is 5.32 Å². The van der Waals surface area contributed by atoms with E-state index in [9.17, 15) is 9.59 Å². The van der Waals surface area contributed by atoms with Crippen LogP contribution in [0.5, 0.6) is 0 Å². The molecule has 1 aromatic rings. The number of benzene rings is 1. The number of hydrogen-bond acceptors (Lipinski definition) is 2. The van der Waals surface area contributed by atoms with Crippen LogP contribution in [0.1, 0.15) is 31.4 Å². The van der Waals surface area contributed by atoms with E-state index >= 15 is 0 Å². The number of rotatable bonds is 2. The molecule has 0 fully saturated rings. The maximum Gasteiger partial charge on any atom is 0.328 e. The van der Waals surface area contributed by atoms with Crippen LogP contribution in [0, 0.1) is 0 Å². The largest absolute Gasteiger partial charge is 0.478 e. The Morgan fingerprint density at radius 3 is 2.83 bits per heavy atom. The van der Waals surface area contributed by atoms with Crippen LogP contribution >= 0.6 is 0 Å². The molecule has 94 valence electrons. The topological polar surface area (TPSA) is 66.4 Å². The van der Waals surface area contributed by atoms with Gasteiger partial charge in [0.2, 0.25) is 5.91 Å². The number of carboxylic acids is 1. The number of anilines is 1. The maximum absolute atomic E-state index is 11.5. The SMILES string of the molecule is CC1(C)CC(=O)Nc2ccc(/C=C\C(=O)O)cc21. The molecule has 1 aliphatic heterocycles. The fourth-order valence-electron chi connectivity index (χ4n) is 2.19. The monoisotopic (exact) mass is 245 g/mol. The smallest absolute Gasteiger partial charge is 0.328 e. The molecule has 2 rings (SSSR count). The van der Waals surface area contributed by atoms with Crippen molar-refractivity contribution in [1.82, 2.24) is 0 Å². The van der Waals surface area contributed by atoms with Gasteiger partial charge in [-0.25, -0.2) is 4.79 Å². The fraction of sp³-hybridized carbons (Fsp3) is 0.286. The molecule has 0 aromatic heterocycles. The number of fused-ring (bicyclic) bond motifs is 1. The molecular weight excluding hydrogens is 230 g/mol. The third kappa shape index (κ3) is 2.42.